The lowest BCUT2D eigenvalue weighted by atomic mass is 10.2. The highest BCUT2D eigenvalue weighted by molar-refractivity contribution is 7.21. The maximum atomic E-state index is 12.3. The third-order valence-electron chi connectivity index (χ3n) is 3.11. The summed E-state index contributed by atoms with van der Waals surface area (Å²) in [7, 11) is 0. The summed E-state index contributed by atoms with van der Waals surface area (Å²) >= 11 is 1.33. The van der Waals surface area contributed by atoms with Crippen molar-refractivity contribution in [3.8, 4) is 0 Å². The Labute approximate surface area is 126 Å². The summed E-state index contributed by atoms with van der Waals surface area (Å²) in [6.45, 7) is 5.50. The van der Waals surface area contributed by atoms with Gasteiger partial charge in [0.1, 0.15) is 4.88 Å². The number of aromatic nitrogens is 1. The fourth-order valence-electron chi connectivity index (χ4n) is 2.29. The third-order valence-corrected chi connectivity index (χ3v) is 4.26. The number of carbonyl (C=O) groups is 2. The average Bonchev–Trinajstić information content (AvgIpc) is 2.65. The molecular formula is C14H18N4O2S. The van der Waals surface area contributed by atoms with E-state index in [1.54, 1.807) is 6.92 Å². The smallest absolute Gasteiger partial charge is 0.263 e. The minimum Gasteiger partial charge on any atom is -0.397 e. The second-order valence-electron chi connectivity index (χ2n) is 5.11. The van der Waals surface area contributed by atoms with Crippen LogP contribution in [0.15, 0.2) is 6.07 Å². The van der Waals surface area contributed by atoms with Crippen LogP contribution in [0.2, 0.25) is 0 Å². The Kier molecular flexibility index (Phi) is 4.13. The number of nitrogens with two attached hydrogens (primary N) is 2. The van der Waals surface area contributed by atoms with Crippen LogP contribution in [0.3, 0.4) is 0 Å². The van der Waals surface area contributed by atoms with Gasteiger partial charge in [-0.1, -0.05) is 0 Å². The number of thiophene rings is 1. The van der Waals surface area contributed by atoms with Crippen molar-refractivity contribution < 1.29 is 9.59 Å². The molecule has 6 nitrogen and oxygen atoms in total. The number of carbonyl (C=O) groups excluding carboxylic acids is 2. The maximum Gasteiger partial charge on any atom is 0.263 e. The first-order valence-electron chi connectivity index (χ1n) is 6.55. The van der Waals surface area contributed by atoms with Gasteiger partial charge < -0.3 is 16.8 Å². The lowest BCUT2D eigenvalue weighted by Gasteiger charge is -2.11. The molecule has 0 aromatic carbocycles. The molecule has 0 radical (unpaired) electrons. The molecule has 0 aliphatic heterocycles. The summed E-state index contributed by atoms with van der Waals surface area (Å²) in [5, 5.41) is 3.55. The number of rotatable bonds is 4. The summed E-state index contributed by atoms with van der Waals surface area (Å²) in [6.07, 6.45) is 0.0935. The van der Waals surface area contributed by atoms with E-state index < -0.39 is 5.91 Å². The topological polar surface area (TPSA) is 111 Å². The highest BCUT2D eigenvalue weighted by Gasteiger charge is 2.20. The van der Waals surface area contributed by atoms with E-state index >= 15 is 0 Å². The first-order chi connectivity index (χ1) is 9.79. The molecule has 7 heteroatoms. The number of nitrogen functional groups attached to an aromatic ring is 1. The monoisotopic (exact) mass is 306 g/mol. The number of nitrogens with zero attached hydrogens (tertiary/aromatic N) is 1. The van der Waals surface area contributed by atoms with Crippen LogP contribution in [-0.2, 0) is 4.79 Å². The molecule has 112 valence electrons. The second kappa shape index (κ2) is 5.69. The molecule has 0 bridgehead atoms. The Bertz CT molecular complexity index is 723. The Morgan fingerprint density at radius 3 is 2.71 bits per heavy atom. The molecule has 1 atom stereocenters. The highest BCUT2D eigenvalue weighted by Crippen LogP contribution is 2.35. The fourth-order valence-corrected chi connectivity index (χ4v) is 3.46. The largest absolute Gasteiger partial charge is 0.397 e. The molecule has 21 heavy (non-hydrogen) atoms. The lowest BCUT2D eigenvalue weighted by Crippen LogP contribution is -2.35. The van der Waals surface area contributed by atoms with Crippen LogP contribution in [-0.4, -0.2) is 22.8 Å². The SMILES string of the molecule is Cc1cc2sc(C(=O)NC(C)CC(N)=O)c(N)c2c(C)n1. The number of nitrogens with one attached hydrogen (secondary N) is 1. The van der Waals surface area contributed by atoms with Crippen LogP contribution in [0.4, 0.5) is 5.69 Å². The minimum atomic E-state index is -0.456. The second-order valence-corrected chi connectivity index (χ2v) is 6.16. The van der Waals surface area contributed by atoms with Crippen LogP contribution < -0.4 is 16.8 Å². The molecule has 0 saturated heterocycles. The van der Waals surface area contributed by atoms with Gasteiger partial charge in [-0.05, 0) is 26.8 Å². The molecule has 2 heterocycles. The van der Waals surface area contributed by atoms with E-state index in [0.29, 0.717) is 10.6 Å². The number of fused-ring (bicyclic) bond motifs is 1. The summed E-state index contributed by atoms with van der Waals surface area (Å²) in [5.41, 5.74) is 13.3. The van der Waals surface area contributed by atoms with Gasteiger partial charge in [0.25, 0.3) is 5.91 Å². The molecule has 1 unspecified atom stereocenters. The van der Waals surface area contributed by atoms with Crippen LogP contribution >= 0.6 is 11.3 Å². The first-order valence-corrected chi connectivity index (χ1v) is 7.36. The van der Waals surface area contributed by atoms with E-state index in [0.717, 1.165) is 21.5 Å². The van der Waals surface area contributed by atoms with E-state index in [1.165, 1.54) is 11.3 Å². The van der Waals surface area contributed by atoms with Gasteiger partial charge in [0, 0.05) is 33.9 Å². The summed E-state index contributed by atoms with van der Waals surface area (Å²) < 4.78 is 0.935. The number of hydrogen-bond acceptors (Lipinski definition) is 5. The summed E-state index contributed by atoms with van der Waals surface area (Å²) in [4.78, 5) is 27.9. The Balaban J connectivity index is 2.34. The van der Waals surface area contributed by atoms with Crippen molar-refractivity contribution in [1.29, 1.82) is 0 Å². The summed E-state index contributed by atoms with van der Waals surface area (Å²) in [5.74, 6) is -0.748. The molecule has 0 aliphatic carbocycles. The molecule has 2 rings (SSSR count). The number of hydrogen-bond donors (Lipinski definition) is 3. The predicted octanol–water partition coefficient (Wildman–Crippen LogP) is 1.49. The van der Waals surface area contributed by atoms with Gasteiger partial charge in [-0.15, -0.1) is 11.3 Å². The molecule has 0 spiro atoms. The molecule has 5 N–H and O–H groups in total. The molecule has 0 saturated carbocycles. The molecule has 2 amide bonds. The number of anilines is 1. The van der Waals surface area contributed by atoms with Crippen LogP contribution in [0, 0.1) is 13.8 Å². The molecule has 0 aliphatic rings. The van der Waals surface area contributed by atoms with Gasteiger partial charge in [0.15, 0.2) is 0 Å². The van der Waals surface area contributed by atoms with E-state index in [2.05, 4.69) is 10.3 Å². The van der Waals surface area contributed by atoms with Crippen molar-refractivity contribution >= 4 is 38.9 Å². The maximum absolute atomic E-state index is 12.3. The molecule has 2 aromatic heterocycles. The number of pyridine rings is 1. The van der Waals surface area contributed by atoms with Crippen molar-refractivity contribution in [1.82, 2.24) is 10.3 Å². The fraction of sp³-hybridized carbons (Fsp3) is 0.357. The van der Waals surface area contributed by atoms with Crippen molar-refractivity contribution in [2.75, 3.05) is 5.73 Å². The molecule has 2 aromatic rings. The van der Waals surface area contributed by atoms with Gasteiger partial charge in [0.05, 0.1) is 5.69 Å². The standard InChI is InChI=1S/C14H18N4O2S/c1-6-4-9-11(8(3)17-6)12(16)13(21-9)14(20)18-7(2)5-10(15)19/h4,7H,5,16H2,1-3H3,(H2,15,19)(H,18,20). The van der Waals surface area contributed by atoms with Crippen molar-refractivity contribution in [3.05, 3.63) is 22.3 Å². The van der Waals surface area contributed by atoms with Crippen LogP contribution in [0.1, 0.15) is 34.4 Å². The van der Waals surface area contributed by atoms with Gasteiger partial charge in [-0.25, -0.2) is 0 Å². The van der Waals surface area contributed by atoms with Gasteiger partial charge in [0.2, 0.25) is 5.91 Å². The highest BCUT2D eigenvalue weighted by atomic mass is 32.1. The number of aryl methyl sites for hydroxylation is 2. The molecular weight excluding hydrogens is 288 g/mol. The van der Waals surface area contributed by atoms with Gasteiger partial charge >= 0.3 is 0 Å². The van der Waals surface area contributed by atoms with Crippen molar-refractivity contribution in [2.24, 2.45) is 5.73 Å². The zero-order chi connectivity index (χ0) is 15.7. The summed E-state index contributed by atoms with van der Waals surface area (Å²) in [6, 6.07) is 1.58. The average molecular weight is 306 g/mol. The van der Waals surface area contributed by atoms with Crippen molar-refractivity contribution in [2.45, 2.75) is 33.2 Å². The Hall–Kier alpha value is -2.15. The lowest BCUT2D eigenvalue weighted by molar-refractivity contribution is -0.118. The zero-order valence-corrected chi connectivity index (χ0v) is 13.0. The normalized spacial score (nSPS) is 12.3. The van der Waals surface area contributed by atoms with Crippen LogP contribution in [0.25, 0.3) is 10.1 Å². The third kappa shape index (κ3) is 3.13. The number of primary amides is 1. The van der Waals surface area contributed by atoms with Gasteiger partial charge in [-0.2, -0.15) is 0 Å². The molecule has 0 fully saturated rings. The number of amides is 2. The van der Waals surface area contributed by atoms with E-state index in [4.69, 9.17) is 11.5 Å². The van der Waals surface area contributed by atoms with E-state index in [9.17, 15) is 9.59 Å². The van der Waals surface area contributed by atoms with Gasteiger partial charge in [-0.3, -0.25) is 14.6 Å². The van der Waals surface area contributed by atoms with E-state index in [-0.39, 0.29) is 18.4 Å². The van der Waals surface area contributed by atoms with Crippen molar-refractivity contribution in [3.63, 3.8) is 0 Å². The quantitative estimate of drug-likeness (QED) is 0.794. The Morgan fingerprint density at radius 2 is 2.10 bits per heavy atom. The van der Waals surface area contributed by atoms with E-state index in [1.807, 2.05) is 19.9 Å². The zero-order valence-electron chi connectivity index (χ0n) is 12.2. The van der Waals surface area contributed by atoms with Crippen LogP contribution in [0.5, 0.6) is 0 Å². The first kappa shape index (κ1) is 15.2. The Morgan fingerprint density at radius 1 is 1.43 bits per heavy atom. The predicted molar refractivity (Wildman–Crippen MR) is 84.2 cm³/mol. The minimum absolute atomic E-state index is 0.0935.